The van der Waals surface area contributed by atoms with E-state index in [1.807, 2.05) is 0 Å². The van der Waals surface area contributed by atoms with Crippen LogP contribution in [-0.2, 0) is 32.0 Å². The van der Waals surface area contributed by atoms with E-state index in [0.717, 1.165) is 0 Å². The van der Waals surface area contributed by atoms with Gasteiger partial charge in [-0.3, -0.25) is 9.59 Å². The maximum atomic E-state index is 13.5. The number of amides is 2. The van der Waals surface area contributed by atoms with Crippen LogP contribution in [0.2, 0.25) is 10.0 Å². The largest absolute Gasteiger partial charge is 0.467 e. The number of carbonyl (C=O) groups excluding carboxylic acids is 3. The molecular formula is C21H21Cl2FN2O4. The van der Waals surface area contributed by atoms with E-state index in [0.29, 0.717) is 21.2 Å². The minimum Gasteiger partial charge on any atom is -0.467 e. The molecule has 0 unspecified atom stereocenters. The molecule has 0 spiro atoms. The van der Waals surface area contributed by atoms with Crippen LogP contribution >= 0.6 is 23.2 Å². The summed E-state index contributed by atoms with van der Waals surface area (Å²) in [5, 5.41) is 5.76. The Kier molecular flexibility index (Phi) is 8.62. The highest BCUT2D eigenvalue weighted by molar-refractivity contribution is 6.36. The van der Waals surface area contributed by atoms with Crippen molar-refractivity contribution in [1.82, 2.24) is 10.6 Å². The fourth-order valence-corrected chi connectivity index (χ4v) is 3.45. The fraction of sp³-hybridized carbons (Fsp3) is 0.286. The van der Waals surface area contributed by atoms with E-state index in [2.05, 4.69) is 10.6 Å². The Bertz CT molecular complexity index is 919. The molecule has 0 radical (unpaired) electrons. The van der Waals surface area contributed by atoms with Crippen molar-refractivity contribution in [3.8, 4) is 0 Å². The molecule has 0 aliphatic rings. The lowest BCUT2D eigenvalue weighted by Crippen LogP contribution is -2.53. The Morgan fingerprint density at radius 1 is 1.00 bits per heavy atom. The molecular weight excluding hydrogens is 434 g/mol. The first-order chi connectivity index (χ1) is 14.2. The Hall–Kier alpha value is -2.64. The molecule has 0 fully saturated rings. The third kappa shape index (κ3) is 6.71. The molecule has 2 amide bonds. The number of benzene rings is 2. The van der Waals surface area contributed by atoms with Gasteiger partial charge in [-0.25, -0.2) is 9.18 Å². The molecule has 0 heterocycles. The third-order valence-electron chi connectivity index (χ3n) is 4.29. The standard InChI is InChI=1S/C21H21Cl2FN2O4/c1-12(27)25-18(10-13-5-3-6-14(24)9-13)20(28)26-19(21(29)30-2)11-15-16(22)7-4-8-17(15)23/h3-9,18-19H,10-11H2,1-2H3,(H,25,27)(H,26,28)/t18-,19+/m1/s1. The van der Waals surface area contributed by atoms with E-state index in [-0.39, 0.29) is 12.8 Å². The van der Waals surface area contributed by atoms with Gasteiger partial charge in [0.25, 0.3) is 0 Å². The van der Waals surface area contributed by atoms with Crippen LogP contribution in [0.15, 0.2) is 42.5 Å². The van der Waals surface area contributed by atoms with Crippen molar-refractivity contribution in [2.24, 2.45) is 0 Å². The molecule has 30 heavy (non-hydrogen) atoms. The van der Waals surface area contributed by atoms with Crippen molar-refractivity contribution in [2.75, 3.05) is 7.11 Å². The number of methoxy groups -OCH3 is 1. The van der Waals surface area contributed by atoms with Gasteiger partial charge in [0.2, 0.25) is 11.8 Å². The van der Waals surface area contributed by atoms with E-state index < -0.39 is 35.7 Å². The summed E-state index contributed by atoms with van der Waals surface area (Å²) < 4.78 is 18.3. The predicted molar refractivity (Wildman–Crippen MR) is 112 cm³/mol. The van der Waals surface area contributed by atoms with Gasteiger partial charge in [0.05, 0.1) is 7.11 Å². The SMILES string of the molecule is COC(=O)[C@H](Cc1c(Cl)cccc1Cl)NC(=O)[C@@H](Cc1cccc(F)c1)NC(C)=O. The highest BCUT2D eigenvalue weighted by Gasteiger charge is 2.28. The highest BCUT2D eigenvalue weighted by atomic mass is 35.5. The minimum atomic E-state index is -1.09. The van der Waals surface area contributed by atoms with Gasteiger partial charge in [-0.1, -0.05) is 41.4 Å². The van der Waals surface area contributed by atoms with Gasteiger partial charge in [0, 0.05) is 29.8 Å². The summed E-state index contributed by atoms with van der Waals surface area (Å²) in [6.45, 7) is 1.26. The summed E-state index contributed by atoms with van der Waals surface area (Å²) in [7, 11) is 1.19. The summed E-state index contributed by atoms with van der Waals surface area (Å²) in [5.74, 6) is -2.25. The molecule has 2 atom stereocenters. The molecule has 160 valence electrons. The van der Waals surface area contributed by atoms with Crippen LogP contribution in [0.1, 0.15) is 18.1 Å². The zero-order valence-corrected chi connectivity index (χ0v) is 17.9. The van der Waals surface area contributed by atoms with Crippen LogP contribution in [0.25, 0.3) is 0 Å². The summed E-state index contributed by atoms with van der Waals surface area (Å²) in [5.41, 5.74) is 0.977. The lowest BCUT2D eigenvalue weighted by molar-refractivity contribution is -0.145. The maximum absolute atomic E-state index is 13.5. The van der Waals surface area contributed by atoms with Gasteiger partial charge in [-0.2, -0.15) is 0 Å². The van der Waals surface area contributed by atoms with Crippen LogP contribution in [0, 0.1) is 5.82 Å². The molecule has 0 aromatic heterocycles. The van der Waals surface area contributed by atoms with Crippen LogP contribution in [0.5, 0.6) is 0 Å². The van der Waals surface area contributed by atoms with Crippen LogP contribution < -0.4 is 10.6 Å². The Morgan fingerprint density at radius 3 is 2.20 bits per heavy atom. The lowest BCUT2D eigenvalue weighted by atomic mass is 10.0. The first-order valence-electron chi connectivity index (χ1n) is 9.04. The van der Waals surface area contributed by atoms with E-state index in [1.54, 1.807) is 24.3 Å². The Morgan fingerprint density at radius 2 is 1.63 bits per heavy atom. The zero-order valence-electron chi connectivity index (χ0n) is 16.4. The molecule has 0 saturated heterocycles. The number of carbonyl (C=O) groups is 3. The molecule has 9 heteroatoms. The van der Waals surface area contributed by atoms with Gasteiger partial charge >= 0.3 is 5.97 Å². The minimum absolute atomic E-state index is 0.0102. The summed E-state index contributed by atoms with van der Waals surface area (Å²) in [6, 6.07) is 8.44. The van der Waals surface area contributed by atoms with Crippen LogP contribution in [-0.4, -0.2) is 37.0 Å². The van der Waals surface area contributed by atoms with Crippen molar-refractivity contribution in [2.45, 2.75) is 31.8 Å². The summed E-state index contributed by atoms with van der Waals surface area (Å²) >= 11 is 12.3. The Balaban J connectivity index is 2.23. The van der Waals surface area contributed by atoms with Gasteiger partial charge in [0.15, 0.2) is 0 Å². The van der Waals surface area contributed by atoms with Gasteiger partial charge < -0.3 is 15.4 Å². The number of esters is 1. The molecule has 2 aromatic carbocycles. The predicted octanol–water partition coefficient (Wildman–Crippen LogP) is 3.08. The molecule has 0 bridgehead atoms. The van der Waals surface area contributed by atoms with E-state index >= 15 is 0 Å². The number of hydrogen-bond donors (Lipinski definition) is 2. The normalized spacial score (nSPS) is 12.6. The molecule has 2 N–H and O–H groups in total. The van der Waals surface area contributed by atoms with Gasteiger partial charge in [-0.05, 0) is 35.4 Å². The monoisotopic (exact) mass is 454 g/mol. The van der Waals surface area contributed by atoms with Crippen molar-refractivity contribution in [3.05, 3.63) is 69.5 Å². The van der Waals surface area contributed by atoms with E-state index in [1.165, 1.54) is 32.2 Å². The Labute approximate surface area is 183 Å². The molecule has 2 aromatic rings. The average Bonchev–Trinajstić information content (AvgIpc) is 2.68. The zero-order chi connectivity index (χ0) is 22.3. The molecule has 0 saturated carbocycles. The molecule has 6 nitrogen and oxygen atoms in total. The van der Waals surface area contributed by atoms with E-state index in [4.69, 9.17) is 27.9 Å². The third-order valence-corrected chi connectivity index (χ3v) is 5.00. The quantitative estimate of drug-likeness (QED) is 0.600. The van der Waals surface area contributed by atoms with Crippen molar-refractivity contribution in [3.63, 3.8) is 0 Å². The fourth-order valence-electron chi connectivity index (χ4n) is 2.89. The van der Waals surface area contributed by atoms with Crippen LogP contribution in [0.3, 0.4) is 0 Å². The molecule has 2 rings (SSSR count). The topological polar surface area (TPSA) is 84.5 Å². The first-order valence-corrected chi connectivity index (χ1v) is 9.79. The number of rotatable bonds is 8. The highest BCUT2D eigenvalue weighted by Crippen LogP contribution is 2.25. The van der Waals surface area contributed by atoms with Crippen molar-refractivity contribution >= 4 is 41.0 Å². The van der Waals surface area contributed by atoms with E-state index in [9.17, 15) is 18.8 Å². The average molecular weight is 455 g/mol. The number of nitrogens with one attached hydrogen (secondary N) is 2. The second-order valence-electron chi connectivity index (χ2n) is 6.58. The second-order valence-corrected chi connectivity index (χ2v) is 7.39. The smallest absolute Gasteiger partial charge is 0.328 e. The number of ether oxygens (including phenoxy) is 1. The number of halogens is 3. The first kappa shape index (κ1) is 23.6. The van der Waals surface area contributed by atoms with Crippen molar-refractivity contribution in [1.29, 1.82) is 0 Å². The summed E-state index contributed by atoms with van der Waals surface area (Å²) in [6.07, 6.45) is 0.0214. The van der Waals surface area contributed by atoms with Crippen molar-refractivity contribution < 1.29 is 23.5 Å². The van der Waals surface area contributed by atoms with Gasteiger partial charge in [0.1, 0.15) is 17.9 Å². The maximum Gasteiger partial charge on any atom is 0.328 e. The molecule has 0 aliphatic carbocycles. The molecule has 0 aliphatic heterocycles. The number of hydrogen-bond acceptors (Lipinski definition) is 4. The van der Waals surface area contributed by atoms with Crippen LogP contribution in [0.4, 0.5) is 4.39 Å². The lowest BCUT2D eigenvalue weighted by Gasteiger charge is -2.22. The van der Waals surface area contributed by atoms with Gasteiger partial charge in [-0.15, -0.1) is 0 Å². The summed E-state index contributed by atoms with van der Waals surface area (Å²) in [4.78, 5) is 36.7. The second kappa shape index (κ2) is 10.9.